The Balaban J connectivity index is 2.05. The minimum absolute atomic E-state index is 0.0549. The highest BCUT2D eigenvalue weighted by Gasteiger charge is 2.34. The molecule has 21 heavy (non-hydrogen) atoms. The number of hydrogen-bond donors (Lipinski definition) is 1. The van der Waals surface area contributed by atoms with Crippen LogP contribution in [0.1, 0.15) is 6.42 Å². The van der Waals surface area contributed by atoms with E-state index in [4.69, 9.17) is 0 Å². The largest absolute Gasteiger partial charge is 0.401 e. The van der Waals surface area contributed by atoms with Crippen molar-refractivity contribution in [3.63, 3.8) is 0 Å². The number of anilines is 1. The van der Waals surface area contributed by atoms with Crippen LogP contribution in [0.2, 0.25) is 0 Å². The van der Waals surface area contributed by atoms with Crippen molar-refractivity contribution in [3.8, 4) is 0 Å². The third-order valence-corrected chi connectivity index (χ3v) is 4.31. The van der Waals surface area contributed by atoms with Gasteiger partial charge in [0.2, 0.25) is 0 Å². The van der Waals surface area contributed by atoms with E-state index in [1.807, 2.05) is 0 Å². The van der Waals surface area contributed by atoms with Crippen LogP contribution in [0.4, 0.5) is 19.0 Å². The van der Waals surface area contributed by atoms with Gasteiger partial charge in [0.25, 0.3) is 0 Å². The molecule has 0 radical (unpaired) electrons. The van der Waals surface area contributed by atoms with Gasteiger partial charge in [0, 0.05) is 31.6 Å². The Morgan fingerprint density at radius 3 is 2.81 bits per heavy atom. The number of sulfone groups is 1. The topological polar surface area (TPSA) is 62.3 Å². The van der Waals surface area contributed by atoms with Gasteiger partial charge in [-0.2, -0.15) is 13.2 Å². The van der Waals surface area contributed by atoms with Crippen LogP contribution in [-0.4, -0.2) is 56.4 Å². The Morgan fingerprint density at radius 1 is 1.48 bits per heavy atom. The number of aromatic nitrogens is 1. The van der Waals surface area contributed by atoms with Crippen LogP contribution in [0.25, 0.3) is 0 Å². The van der Waals surface area contributed by atoms with Gasteiger partial charge in [-0.05, 0) is 18.6 Å². The van der Waals surface area contributed by atoms with Gasteiger partial charge in [-0.3, -0.25) is 4.90 Å². The predicted molar refractivity (Wildman–Crippen MR) is 71.9 cm³/mol. The molecule has 1 aromatic rings. The summed E-state index contributed by atoms with van der Waals surface area (Å²) >= 11 is 0. The maximum atomic E-state index is 12.3. The van der Waals surface area contributed by atoms with Gasteiger partial charge in [-0.1, -0.05) is 0 Å². The molecule has 1 atom stereocenters. The average molecular weight is 323 g/mol. The summed E-state index contributed by atoms with van der Waals surface area (Å²) in [7, 11) is -3.44. The van der Waals surface area contributed by atoms with E-state index >= 15 is 0 Å². The quantitative estimate of drug-likeness (QED) is 0.910. The number of nitrogens with zero attached hydrogens (tertiary/aromatic N) is 2. The lowest BCUT2D eigenvalue weighted by Crippen LogP contribution is -2.34. The monoisotopic (exact) mass is 323 g/mol. The molecule has 0 amide bonds. The molecule has 118 valence electrons. The summed E-state index contributed by atoms with van der Waals surface area (Å²) in [6.45, 7) is -0.427. The second-order valence-electron chi connectivity index (χ2n) is 5.10. The molecule has 1 aliphatic heterocycles. The maximum absolute atomic E-state index is 12.3. The normalized spacial score (nSPS) is 20.7. The number of likely N-dealkylation sites (tertiary alicyclic amines) is 1. The number of pyridine rings is 1. The second-order valence-corrected chi connectivity index (χ2v) is 7.09. The van der Waals surface area contributed by atoms with E-state index in [2.05, 4.69) is 10.3 Å². The molecule has 1 N–H and O–H groups in total. The highest BCUT2D eigenvalue weighted by molar-refractivity contribution is 7.90. The molecule has 5 nitrogen and oxygen atoms in total. The molecule has 2 heterocycles. The van der Waals surface area contributed by atoms with Gasteiger partial charge in [-0.15, -0.1) is 0 Å². The van der Waals surface area contributed by atoms with Crippen molar-refractivity contribution in [2.45, 2.75) is 23.5 Å². The van der Waals surface area contributed by atoms with Crippen LogP contribution in [0, 0.1) is 0 Å². The predicted octanol–water partition coefficient (Wildman–Crippen LogP) is 1.53. The molecule has 1 aliphatic rings. The molecule has 0 saturated carbocycles. The van der Waals surface area contributed by atoms with E-state index in [9.17, 15) is 21.6 Å². The second kappa shape index (κ2) is 5.80. The van der Waals surface area contributed by atoms with E-state index in [0.29, 0.717) is 13.0 Å². The van der Waals surface area contributed by atoms with E-state index in [0.717, 1.165) is 6.26 Å². The lowest BCUT2D eigenvalue weighted by atomic mass is 10.2. The minimum atomic E-state index is -4.22. The lowest BCUT2D eigenvalue weighted by Gasteiger charge is -2.19. The average Bonchev–Trinajstić information content (AvgIpc) is 2.73. The van der Waals surface area contributed by atoms with Crippen LogP contribution in [-0.2, 0) is 9.84 Å². The first-order valence-corrected chi connectivity index (χ1v) is 8.25. The Morgan fingerprint density at radius 2 is 2.19 bits per heavy atom. The molecule has 0 aromatic carbocycles. The number of nitrogens with one attached hydrogen (secondary N) is 1. The summed E-state index contributed by atoms with van der Waals surface area (Å²) in [6, 6.07) is 2.68. The number of alkyl halides is 3. The van der Waals surface area contributed by atoms with Gasteiger partial charge < -0.3 is 5.32 Å². The number of halogens is 3. The first kappa shape index (κ1) is 16.0. The maximum Gasteiger partial charge on any atom is 0.401 e. The number of hydrogen-bond acceptors (Lipinski definition) is 5. The highest BCUT2D eigenvalue weighted by Crippen LogP contribution is 2.23. The van der Waals surface area contributed by atoms with E-state index in [1.54, 1.807) is 0 Å². The Labute approximate surface area is 121 Å². The molecule has 2 rings (SSSR count). The summed E-state index contributed by atoms with van der Waals surface area (Å²) in [5.41, 5.74) is 0. The van der Waals surface area contributed by atoms with E-state index < -0.39 is 22.6 Å². The number of rotatable bonds is 4. The fourth-order valence-electron chi connectivity index (χ4n) is 2.34. The van der Waals surface area contributed by atoms with Gasteiger partial charge in [0.15, 0.2) is 9.84 Å². The van der Waals surface area contributed by atoms with Gasteiger partial charge in [-0.25, -0.2) is 13.4 Å². The van der Waals surface area contributed by atoms with Gasteiger partial charge in [0.05, 0.1) is 6.54 Å². The van der Waals surface area contributed by atoms with Crippen molar-refractivity contribution in [1.29, 1.82) is 0 Å². The van der Waals surface area contributed by atoms with Crippen LogP contribution in [0.5, 0.6) is 0 Å². The molecule has 1 aromatic heterocycles. The van der Waals surface area contributed by atoms with Crippen molar-refractivity contribution >= 4 is 15.7 Å². The van der Waals surface area contributed by atoms with Crippen molar-refractivity contribution in [2.24, 2.45) is 0 Å². The van der Waals surface area contributed by atoms with E-state index in [1.165, 1.54) is 23.2 Å². The summed E-state index contributed by atoms with van der Waals surface area (Å²) in [5.74, 6) is 0.193. The molecule has 1 unspecified atom stereocenters. The van der Waals surface area contributed by atoms with E-state index in [-0.39, 0.29) is 23.3 Å². The minimum Gasteiger partial charge on any atom is -0.365 e. The fraction of sp³-hybridized carbons (Fsp3) is 0.583. The molecule has 0 aliphatic carbocycles. The van der Waals surface area contributed by atoms with Crippen molar-refractivity contribution < 1.29 is 21.6 Å². The summed E-state index contributed by atoms with van der Waals surface area (Å²) in [5, 5.41) is 2.93. The van der Waals surface area contributed by atoms with Gasteiger partial charge in [0.1, 0.15) is 10.7 Å². The molecule has 1 fully saturated rings. The zero-order valence-corrected chi connectivity index (χ0v) is 12.2. The standard InChI is InChI=1S/C12H16F3N3O2S/c1-21(19,20)10-3-2-5-16-11(10)17-9-4-6-18(7-9)8-12(13,14)15/h2-3,5,9H,4,6-8H2,1H3,(H,16,17). The van der Waals surface area contributed by atoms with Crippen molar-refractivity contribution in [2.75, 3.05) is 31.2 Å². The summed E-state index contributed by atoms with van der Waals surface area (Å²) in [6.07, 6.45) is -1.20. The lowest BCUT2D eigenvalue weighted by molar-refractivity contribution is -0.143. The third kappa shape index (κ3) is 4.57. The van der Waals surface area contributed by atoms with Crippen LogP contribution in [0.15, 0.2) is 23.2 Å². The third-order valence-electron chi connectivity index (χ3n) is 3.19. The summed E-state index contributed by atoms with van der Waals surface area (Å²) < 4.78 is 60.3. The van der Waals surface area contributed by atoms with Crippen LogP contribution < -0.4 is 5.32 Å². The van der Waals surface area contributed by atoms with Crippen LogP contribution >= 0.6 is 0 Å². The Hall–Kier alpha value is -1.35. The molecular formula is C12H16F3N3O2S. The first-order valence-electron chi connectivity index (χ1n) is 6.36. The smallest absolute Gasteiger partial charge is 0.365 e. The highest BCUT2D eigenvalue weighted by atomic mass is 32.2. The Kier molecular flexibility index (Phi) is 4.43. The Bertz CT molecular complexity index is 604. The first-order chi connectivity index (χ1) is 9.65. The van der Waals surface area contributed by atoms with Crippen molar-refractivity contribution in [1.82, 2.24) is 9.88 Å². The zero-order valence-electron chi connectivity index (χ0n) is 11.4. The molecule has 0 bridgehead atoms. The molecular weight excluding hydrogens is 307 g/mol. The summed E-state index contributed by atoms with van der Waals surface area (Å²) in [4.78, 5) is 5.32. The van der Waals surface area contributed by atoms with Crippen molar-refractivity contribution in [3.05, 3.63) is 18.3 Å². The zero-order chi connectivity index (χ0) is 15.7. The molecule has 0 spiro atoms. The van der Waals surface area contributed by atoms with Gasteiger partial charge >= 0.3 is 6.18 Å². The molecule has 1 saturated heterocycles. The molecule has 9 heteroatoms. The van der Waals surface area contributed by atoms with Crippen LogP contribution in [0.3, 0.4) is 0 Å². The fourth-order valence-corrected chi connectivity index (χ4v) is 3.13. The SMILES string of the molecule is CS(=O)(=O)c1cccnc1NC1CCN(CC(F)(F)F)C1.